The van der Waals surface area contributed by atoms with Gasteiger partial charge in [0, 0.05) is 18.6 Å². The Labute approximate surface area is 122 Å². The summed E-state index contributed by atoms with van der Waals surface area (Å²) in [7, 11) is 0. The molecule has 2 N–H and O–H groups in total. The minimum atomic E-state index is -0.402. The highest BCUT2D eigenvalue weighted by molar-refractivity contribution is 5.68. The molecule has 0 aromatic carbocycles. The van der Waals surface area contributed by atoms with Gasteiger partial charge in [-0.25, -0.2) is 4.79 Å². The Kier molecular flexibility index (Phi) is 3.09. The quantitative estimate of drug-likeness (QED) is 0.846. The minimum absolute atomic E-state index is 0.145. The highest BCUT2D eigenvalue weighted by atomic mass is 16.6. The molecule has 4 heteroatoms. The van der Waals surface area contributed by atoms with Crippen molar-refractivity contribution in [2.24, 2.45) is 17.1 Å². The van der Waals surface area contributed by atoms with Crippen molar-refractivity contribution in [3.63, 3.8) is 0 Å². The Hall–Kier alpha value is -0.770. The number of likely N-dealkylation sites (tertiary alicyclic amines) is 1. The van der Waals surface area contributed by atoms with Gasteiger partial charge in [-0.1, -0.05) is 0 Å². The van der Waals surface area contributed by atoms with Gasteiger partial charge in [-0.2, -0.15) is 0 Å². The van der Waals surface area contributed by atoms with Crippen LogP contribution in [0.3, 0.4) is 0 Å². The Morgan fingerprint density at radius 2 is 1.70 bits per heavy atom. The van der Waals surface area contributed by atoms with Crippen molar-refractivity contribution in [2.45, 2.75) is 70.4 Å². The Morgan fingerprint density at radius 3 is 2.10 bits per heavy atom. The molecule has 0 bridgehead atoms. The van der Waals surface area contributed by atoms with E-state index in [1.54, 1.807) is 0 Å². The zero-order valence-electron chi connectivity index (χ0n) is 13.1. The molecule has 0 spiro atoms. The number of amides is 1. The average Bonchev–Trinajstić information content (AvgIpc) is 3.22. The summed E-state index contributed by atoms with van der Waals surface area (Å²) < 4.78 is 5.46. The first-order valence-electron chi connectivity index (χ1n) is 8.03. The van der Waals surface area contributed by atoms with Crippen molar-refractivity contribution in [1.29, 1.82) is 0 Å². The molecule has 0 radical (unpaired) electrons. The lowest BCUT2D eigenvalue weighted by molar-refractivity contribution is 0.0136. The molecule has 3 aliphatic rings. The maximum Gasteiger partial charge on any atom is 0.410 e. The van der Waals surface area contributed by atoms with Crippen molar-refractivity contribution >= 4 is 6.09 Å². The van der Waals surface area contributed by atoms with Gasteiger partial charge in [0.25, 0.3) is 0 Å². The van der Waals surface area contributed by atoms with Crippen LogP contribution < -0.4 is 5.73 Å². The normalized spacial score (nSPS) is 28.1. The van der Waals surface area contributed by atoms with Crippen LogP contribution in [0.1, 0.15) is 59.3 Å². The topological polar surface area (TPSA) is 55.6 Å². The summed E-state index contributed by atoms with van der Waals surface area (Å²) in [6, 6.07) is 0. The second-order valence-corrected chi connectivity index (χ2v) is 8.05. The van der Waals surface area contributed by atoms with Crippen LogP contribution in [0.15, 0.2) is 0 Å². The number of hydrogen-bond acceptors (Lipinski definition) is 3. The summed E-state index contributed by atoms with van der Waals surface area (Å²) in [5.74, 6) is 0.716. The molecular weight excluding hydrogens is 252 g/mol. The summed E-state index contributed by atoms with van der Waals surface area (Å²) >= 11 is 0. The monoisotopic (exact) mass is 280 g/mol. The van der Waals surface area contributed by atoms with Gasteiger partial charge in [0.05, 0.1) is 0 Å². The lowest BCUT2D eigenvalue weighted by Crippen LogP contribution is -2.47. The maximum atomic E-state index is 12.1. The van der Waals surface area contributed by atoms with Gasteiger partial charge in [-0.15, -0.1) is 0 Å². The molecule has 1 amide bonds. The third kappa shape index (κ3) is 2.43. The highest BCUT2D eigenvalue weighted by Crippen LogP contribution is 2.68. The van der Waals surface area contributed by atoms with E-state index in [1.165, 1.54) is 25.7 Å². The maximum absolute atomic E-state index is 12.1. The fraction of sp³-hybridized carbons (Fsp3) is 0.938. The lowest BCUT2D eigenvalue weighted by atomic mass is 9.75. The van der Waals surface area contributed by atoms with Gasteiger partial charge in [0.15, 0.2) is 0 Å². The molecule has 2 aliphatic carbocycles. The van der Waals surface area contributed by atoms with E-state index in [0.29, 0.717) is 11.3 Å². The Balaban J connectivity index is 1.54. The standard InChI is InChI=1S/C16H28N2O2/c1-14(2,3)20-13(19)18-10-4-12(5-11-18)15(6-7-15)16(17)8-9-16/h12H,4-11,17H2,1-3H3. The van der Waals surface area contributed by atoms with E-state index in [0.717, 1.165) is 25.9 Å². The number of carbonyl (C=O) groups is 1. The van der Waals surface area contributed by atoms with E-state index in [9.17, 15) is 4.79 Å². The predicted octanol–water partition coefficient (Wildman–Crippen LogP) is 2.91. The number of ether oxygens (including phenoxy) is 1. The zero-order valence-corrected chi connectivity index (χ0v) is 13.1. The number of nitrogens with two attached hydrogens (primary N) is 1. The van der Waals surface area contributed by atoms with E-state index in [-0.39, 0.29) is 11.6 Å². The number of nitrogens with zero attached hydrogens (tertiary/aromatic N) is 1. The van der Waals surface area contributed by atoms with Crippen molar-refractivity contribution in [2.75, 3.05) is 13.1 Å². The largest absolute Gasteiger partial charge is 0.444 e. The summed E-state index contributed by atoms with van der Waals surface area (Å²) in [6.45, 7) is 7.42. The van der Waals surface area contributed by atoms with Gasteiger partial charge in [-0.3, -0.25) is 0 Å². The fourth-order valence-electron chi connectivity index (χ4n) is 4.02. The Morgan fingerprint density at radius 1 is 1.15 bits per heavy atom. The molecule has 0 unspecified atom stereocenters. The van der Waals surface area contributed by atoms with E-state index >= 15 is 0 Å². The second kappa shape index (κ2) is 4.36. The third-order valence-corrected chi connectivity index (χ3v) is 5.50. The van der Waals surface area contributed by atoms with Crippen LogP contribution in [-0.2, 0) is 4.74 Å². The fourth-order valence-corrected chi connectivity index (χ4v) is 4.02. The van der Waals surface area contributed by atoms with Crippen molar-refractivity contribution in [1.82, 2.24) is 4.90 Å². The predicted molar refractivity (Wildman–Crippen MR) is 78.4 cm³/mol. The van der Waals surface area contributed by atoms with Crippen molar-refractivity contribution in [3.05, 3.63) is 0 Å². The number of carbonyl (C=O) groups excluding carboxylic acids is 1. The summed E-state index contributed by atoms with van der Waals surface area (Å²) in [4.78, 5) is 13.9. The van der Waals surface area contributed by atoms with E-state index in [1.807, 2.05) is 25.7 Å². The summed E-state index contributed by atoms with van der Waals surface area (Å²) in [5.41, 5.74) is 6.66. The first kappa shape index (κ1) is 14.2. The first-order valence-corrected chi connectivity index (χ1v) is 8.03. The molecule has 2 saturated carbocycles. The second-order valence-electron chi connectivity index (χ2n) is 8.05. The third-order valence-electron chi connectivity index (χ3n) is 5.50. The molecule has 114 valence electrons. The number of hydrogen-bond donors (Lipinski definition) is 1. The molecule has 3 fully saturated rings. The van der Waals surface area contributed by atoms with Gasteiger partial charge in [0.1, 0.15) is 5.60 Å². The van der Waals surface area contributed by atoms with E-state index in [4.69, 9.17) is 10.5 Å². The van der Waals surface area contributed by atoms with Crippen LogP contribution in [-0.4, -0.2) is 35.2 Å². The zero-order chi connectivity index (χ0) is 14.6. The number of piperidine rings is 1. The molecule has 0 aromatic heterocycles. The van der Waals surface area contributed by atoms with Crippen LogP contribution in [0.4, 0.5) is 4.79 Å². The minimum Gasteiger partial charge on any atom is -0.444 e. The van der Waals surface area contributed by atoms with Crippen LogP contribution in [0.25, 0.3) is 0 Å². The van der Waals surface area contributed by atoms with Crippen molar-refractivity contribution in [3.8, 4) is 0 Å². The Bertz CT molecular complexity index is 397. The molecule has 3 rings (SSSR count). The van der Waals surface area contributed by atoms with Crippen molar-refractivity contribution < 1.29 is 9.53 Å². The van der Waals surface area contributed by atoms with E-state index < -0.39 is 5.60 Å². The van der Waals surface area contributed by atoms with Crippen LogP contribution in [0.5, 0.6) is 0 Å². The van der Waals surface area contributed by atoms with Gasteiger partial charge in [0.2, 0.25) is 0 Å². The van der Waals surface area contributed by atoms with Crippen LogP contribution in [0.2, 0.25) is 0 Å². The average molecular weight is 280 g/mol. The molecule has 0 atom stereocenters. The highest BCUT2D eigenvalue weighted by Gasteiger charge is 2.66. The molecule has 20 heavy (non-hydrogen) atoms. The molecular formula is C16H28N2O2. The first-order chi connectivity index (χ1) is 9.26. The van der Waals surface area contributed by atoms with Gasteiger partial charge < -0.3 is 15.4 Å². The van der Waals surface area contributed by atoms with E-state index in [2.05, 4.69) is 0 Å². The lowest BCUT2D eigenvalue weighted by Gasteiger charge is -2.39. The molecule has 1 heterocycles. The molecule has 1 saturated heterocycles. The summed E-state index contributed by atoms with van der Waals surface area (Å²) in [6.07, 6.45) is 7.06. The van der Waals surface area contributed by atoms with Crippen LogP contribution >= 0.6 is 0 Å². The SMILES string of the molecule is CC(C)(C)OC(=O)N1CCC(C2(C3(N)CC3)CC2)CC1. The smallest absolute Gasteiger partial charge is 0.410 e. The molecule has 1 aliphatic heterocycles. The molecule has 4 nitrogen and oxygen atoms in total. The summed E-state index contributed by atoms with van der Waals surface area (Å²) in [5, 5.41) is 0. The molecule has 0 aromatic rings. The van der Waals surface area contributed by atoms with Gasteiger partial charge in [-0.05, 0) is 70.6 Å². The van der Waals surface area contributed by atoms with Gasteiger partial charge >= 0.3 is 6.09 Å². The number of rotatable bonds is 2. The van der Waals surface area contributed by atoms with Crippen LogP contribution in [0, 0.1) is 11.3 Å².